The van der Waals surface area contributed by atoms with Gasteiger partial charge in [0.15, 0.2) is 0 Å². The van der Waals surface area contributed by atoms with Gasteiger partial charge in [0.25, 0.3) is 5.91 Å². The summed E-state index contributed by atoms with van der Waals surface area (Å²) in [5.74, 6) is -0.00222. The largest absolute Gasteiger partial charge is 0.397 e. The van der Waals surface area contributed by atoms with Crippen LogP contribution in [0.4, 0.5) is 5.69 Å². The van der Waals surface area contributed by atoms with Gasteiger partial charge in [0.1, 0.15) is 5.69 Å². The quantitative estimate of drug-likeness (QED) is 0.842. The Labute approximate surface area is 108 Å². The molecule has 1 aromatic heterocycles. The van der Waals surface area contributed by atoms with E-state index in [0.29, 0.717) is 17.4 Å². The Morgan fingerprint density at radius 2 is 2.28 bits per heavy atom. The number of nitrogens with two attached hydrogens (primary N) is 1. The number of carbonyl (C=O) groups is 1. The van der Waals surface area contributed by atoms with Gasteiger partial charge in [-0.05, 0) is 25.6 Å². The third-order valence-electron chi connectivity index (χ3n) is 3.46. The number of likely N-dealkylation sites (N-methyl/N-ethyl adjacent to an activating group) is 1. The van der Waals surface area contributed by atoms with E-state index in [2.05, 4.69) is 23.7 Å². The van der Waals surface area contributed by atoms with Crippen LogP contribution in [0.3, 0.4) is 0 Å². The van der Waals surface area contributed by atoms with Crippen molar-refractivity contribution >= 4 is 11.6 Å². The average Bonchev–Trinajstić information content (AvgIpc) is 2.38. The monoisotopic (exact) mass is 248 g/mol. The number of carbonyl (C=O) groups excluding carboxylic acids is 1. The maximum Gasteiger partial charge on any atom is 0.272 e. The van der Waals surface area contributed by atoms with Crippen molar-refractivity contribution in [2.45, 2.75) is 19.9 Å². The fourth-order valence-corrected chi connectivity index (χ4v) is 2.34. The lowest BCUT2D eigenvalue weighted by Crippen LogP contribution is -2.53. The molecule has 1 unspecified atom stereocenters. The van der Waals surface area contributed by atoms with E-state index in [0.717, 1.165) is 26.2 Å². The Balaban J connectivity index is 2.04. The molecule has 0 spiro atoms. The molecule has 5 heteroatoms. The summed E-state index contributed by atoms with van der Waals surface area (Å²) in [6.07, 6.45) is 1.53. The van der Waals surface area contributed by atoms with Crippen molar-refractivity contribution in [3.05, 3.63) is 24.0 Å². The molecule has 1 aliphatic heterocycles. The molecule has 1 amide bonds. The van der Waals surface area contributed by atoms with Gasteiger partial charge in [-0.1, -0.05) is 6.92 Å². The zero-order valence-corrected chi connectivity index (χ0v) is 11.0. The van der Waals surface area contributed by atoms with Crippen molar-refractivity contribution in [1.29, 1.82) is 0 Å². The standard InChI is InChI=1S/C13H20N4O/c1-3-16-6-7-17(9-10(16)2)13(18)12-5-4-11(14)8-15-12/h4-5,8,10H,3,6-7,9,14H2,1-2H3. The second-order valence-corrected chi connectivity index (χ2v) is 4.71. The van der Waals surface area contributed by atoms with Gasteiger partial charge in [-0.2, -0.15) is 0 Å². The molecule has 0 saturated carbocycles. The maximum atomic E-state index is 12.3. The first-order valence-electron chi connectivity index (χ1n) is 6.36. The number of pyridine rings is 1. The van der Waals surface area contributed by atoms with Gasteiger partial charge >= 0.3 is 0 Å². The number of anilines is 1. The molecule has 1 fully saturated rings. The highest BCUT2D eigenvalue weighted by atomic mass is 16.2. The normalized spacial score (nSPS) is 21.0. The molecule has 2 rings (SSSR count). The lowest BCUT2D eigenvalue weighted by Gasteiger charge is -2.39. The van der Waals surface area contributed by atoms with Gasteiger partial charge in [0.2, 0.25) is 0 Å². The van der Waals surface area contributed by atoms with Crippen LogP contribution in [0.15, 0.2) is 18.3 Å². The zero-order valence-electron chi connectivity index (χ0n) is 11.0. The second kappa shape index (κ2) is 5.35. The van der Waals surface area contributed by atoms with Crippen LogP contribution in [-0.2, 0) is 0 Å². The average molecular weight is 248 g/mol. The molecular weight excluding hydrogens is 228 g/mol. The summed E-state index contributed by atoms with van der Waals surface area (Å²) < 4.78 is 0. The summed E-state index contributed by atoms with van der Waals surface area (Å²) in [6, 6.07) is 3.81. The number of hydrogen-bond donors (Lipinski definition) is 1. The molecule has 1 aromatic rings. The molecule has 2 N–H and O–H groups in total. The SMILES string of the molecule is CCN1CCN(C(=O)c2ccc(N)cn2)CC1C. The molecule has 1 aliphatic rings. The predicted octanol–water partition coefficient (Wildman–Crippen LogP) is 0.830. The number of nitrogen functional groups attached to an aromatic ring is 1. The van der Waals surface area contributed by atoms with Gasteiger partial charge in [0.05, 0.1) is 11.9 Å². The van der Waals surface area contributed by atoms with Gasteiger partial charge in [-0.25, -0.2) is 4.98 Å². The molecule has 5 nitrogen and oxygen atoms in total. The summed E-state index contributed by atoms with van der Waals surface area (Å²) in [5, 5.41) is 0. The second-order valence-electron chi connectivity index (χ2n) is 4.71. The molecule has 0 aromatic carbocycles. The summed E-state index contributed by atoms with van der Waals surface area (Å²) in [5.41, 5.74) is 6.62. The van der Waals surface area contributed by atoms with Crippen LogP contribution in [-0.4, -0.2) is 52.9 Å². The summed E-state index contributed by atoms with van der Waals surface area (Å²) in [6.45, 7) is 7.79. The van der Waals surface area contributed by atoms with E-state index in [9.17, 15) is 4.79 Å². The zero-order chi connectivity index (χ0) is 13.1. The highest BCUT2D eigenvalue weighted by molar-refractivity contribution is 5.92. The molecule has 2 heterocycles. The van der Waals surface area contributed by atoms with Crippen LogP contribution >= 0.6 is 0 Å². The van der Waals surface area contributed by atoms with E-state index < -0.39 is 0 Å². The van der Waals surface area contributed by atoms with E-state index in [1.54, 1.807) is 12.1 Å². The van der Waals surface area contributed by atoms with E-state index in [1.165, 1.54) is 6.20 Å². The Hall–Kier alpha value is -1.62. The first-order valence-corrected chi connectivity index (χ1v) is 6.36. The molecule has 0 bridgehead atoms. The van der Waals surface area contributed by atoms with Crippen LogP contribution in [0.2, 0.25) is 0 Å². The number of piperazine rings is 1. The van der Waals surface area contributed by atoms with Crippen LogP contribution in [0.5, 0.6) is 0 Å². The fraction of sp³-hybridized carbons (Fsp3) is 0.538. The van der Waals surface area contributed by atoms with Crippen LogP contribution < -0.4 is 5.73 Å². The highest BCUT2D eigenvalue weighted by Gasteiger charge is 2.26. The molecule has 1 saturated heterocycles. The van der Waals surface area contributed by atoms with E-state index in [4.69, 9.17) is 5.73 Å². The third-order valence-corrected chi connectivity index (χ3v) is 3.46. The number of amides is 1. The third kappa shape index (κ3) is 2.61. The van der Waals surface area contributed by atoms with E-state index in [1.807, 2.05) is 4.90 Å². The topological polar surface area (TPSA) is 62.5 Å². The van der Waals surface area contributed by atoms with Crippen molar-refractivity contribution < 1.29 is 4.79 Å². The number of aromatic nitrogens is 1. The maximum absolute atomic E-state index is 12.3. The first kappa shape index (κ1) is 12.8. The highest BCUT2D eigenvalue weighted by Crippen LogP contribution is 2.12. The Kier molecular flexibility index (Phi) is 3.81. The summed E-state index contributed by atoms with van der Waals surface area (Å²) >= 11 is 0. The number of nitrogens with zero attached hydrogens (tertiary/aromatic N) is 3. The van der Waals surface area contributed by atoms with Gasteiger partial charge in [-0.15, -0.1) is 0 Å². The minimum Gasteiger partial charge on any atom is -0.397 e. The predicted molar refractivity (Wildman–Crippen MR) is 71.3 cm³/mol. The number of hydrogen-bond acceptors (Lipinski definition) is 4. The van der Waals surface area contributed by atoms with Gasteiger partial charge in [0, 0.05) is 25.7 Å². The summed E-state index contributed by atoms with van der Waals surface area (Å²) in [4.78, 5) is 20.6. The van der Waals surface area contributed by atoms with Gasteiger partial charge < -0.3 is 10.6 Å². The minimum atomic E-state index is -0.00222. The van der Waals surface area contributed by atoms with Crippen LogP contribution in [0.1, 0.15) is 24.3 Å². The smallest absolute Gasteiger partial charge is 0.272 e. The fourth-order valence-electron chi connectivity index (χ4n) is 2.34. The van der Waals surface area contributed by atoms with E-state index in [-0.39, 0.29) is 5.91 Å². The molecule has 18 heavy (non-hydrogen) atoms. The minimum absolute atomic E-state index is 0.00222. The van der Waals surface area contributed by atoms with Crippen LogP contribution in [0, 0.1) is 0 Å². The Bertz CT molecular complexity index is 418. The Morgan fingerprint density at radius 3 is 2.83 bits per heavy atom. The van der Waals surface area contributed by atoms with Crippen molar-refractivity contribution in [2.75, 3.05) is 31.9 Å². The molecule has 0 radical (unpaired) electrons. The Morgan fingerprint density at radius 1 is 1.50 bits per heavy atom. The van der Waals surface area contributed by atoms with E-state index >= 15 is 0 Å². The lowest BCUT2D eigenvalue weighted by atomic mass is 10.1. The van der Waals surface area contributed by atoms with Crippen molar-refractivity contribution in [3.8, 4) is 0 Å². The molecule has 98 valence electrons. The molecule has 0 aliphatic carbocycles. The van der Waals surface area contributed by atoms with Crippen LogP contribution in [0.25, 0.3) is 0 Å². The molecule has 1 atom stereocenters. The number of rotatable bonds is 2. The molecular formula is C13H20N4O. The van der Waals surface area contributed by atoms with Crippen molar-refractivity contribution in [3.63, 3.8) is 0 Å². The van der Waals surface area contributed by atoms with Crippen molar-refractivity contribution in [2.24, 2.45) is 0 Å². The summed E-state index contributed by atoms with van der Waals surface area (Å²) in [7, 11) is 0. The van der Waals surface area contributed by atoms with Gasteiger partial charge in [-0.3, -0.25) is 9.69 Å². The van der Waals surface area contributed by atoms with Crippen molar-refractivity contribution in [1.82, 2.24) is 14.8 Å². The lowest BCUT2D eigenvalue weighted by molar-refractivity contribution is 0.0523. The first-order chi connectivity index (χ1) is 8.61.